The van der Waals surface area contributed by atoms with Crippen molar-refractivity contribution in [2.75, 3.05) is 13.7 Å². The van der Waals surface area contributed by atoms with Crippen molar-refractivity contribution in [2.45, 2.75) is 51.0 Å². The number of benzene rings is 3. The zero-order valence-corrected chi connectivity index (χ0v) is 21.0. The van der Waals surface area contributed by atoms with Crippen molar-refractivity contribution >= 4 is 11.9 Å². The Labute approximate surface area is 217 Å². The van der Waals surface area contributed by atoms with E-state index in [0.29, 0.717) is 25.9 Å². The molecule has 1 heterocycles. The number of methoxy groups -OCH3 is 1. The molecule has 0 aliphatic carbocycles. The summed E-state index contributed by atoms with van der Waals surface area (Å²) in [6.45, 7) is 1.47. The minimum Gasteiger partial charge on any atom is -0.467 e. The lowest BCUT2D eigenvalue weighted by molar-refractivity contribution is -0.157. The Bertz CT molecular complexity index is 1070. The van der Waals surface area contributed by atoms with Gasteiger partial charge >= 0.3 is 11.9 Å². The summed E-state index contributed by atoms with van der Waals surface area (Å²) >= 11 is 0. The zero-order valence-electron chi connectivity index (χ0n) is 21.0. The topological polar surface area (TPSA) is 74.3 Å². The van der Waals surface area contributed by atoms with Crippen LogP contribution in [0.1, 0.15) is 29.5 Å². The van der Waals surface area contributed by atoms with E-state index in [1.165, 1.54) is 7.11 Å². The molecule has 3 atom stereocenters. The van der Waals surface area contributed by atoms with E-state index in [0.717, 1.165) is 16.7 Å². The van der Waals surface area contributed by atoms with Crippen LogP contribution < -0.4 is 0 Å². The summed E-state index contributed by atoms with van der Waals surface area (Å²) in [6.07, 6.45) is -0.475. The van der Waals surface area contributed by atoms with Gasteiger partial charge in [0.05, 0.1) is 13.7 Å². The number of hydrogen-bond acceptors (Lipinski definition) is 7. The van der Waals surface area contributed by atoms with Crippen LogP contribution in [0.2, 0.25) is 0 Å². The summed E-state index contributed by atoms with van der Waals surface area (Å²) in [5, 5.41) is 0. The van der Waals surface area contributed by atoms with E-state index >= 15 is 0 Å². The van der Waals surface area contributed by atoms with Gasteiger partial charge in [0.15, 0.2) is 12.4 Å². The highest BCUT2D eigenvalue weighted by Crippen LogP contribution is 2.23. The molecular weight excluding hydrogens is 470 g/mol. The molecule has 7 nitrogen and oxygen atoms in total. The molecule has 7 heteroatoms. The largest absolute Gasteiger partial charge is 0.467 e. The van der Waals surface area contributed by atoms with Crippen LogP contribution in [0.3, 0.4) is 0 Å². The summed E-state index contributed by atoms with van der Waals surface area (Å²) < 4.78 is 22.0. The SMILES string of the molecule is COC(=O)C1COC(CC[C@@H](C(=O)OCc2ccccc2)N(Cc2ccccc2)Cc2ccccc2)O1. The van der Waals surface area contributed by atoms with E-state index in [4.69, 9.17) is 18.9 Å². The normalized spacial score (nSPS) is 17.9. The molecule has 3 aromatic carbocycles. The first-order chi connectivity index (χ1) is 18.1. The van der Waals surface area contributed by atoms with Crippen LogP contribution in [0.5, 0.6) is 0 Å². The van der Waals surface area contributed by atoms with Gasteiger partial charge in [-0.3, -0.25) is 9.69 Å². The fraction of sp³-hybridized carbons (Fsp3) is 0.333. The smallest absolute Gasteiger partial charge is 0.337 e. The second-order valence-electron chi connectivity index (χ2n) is 8.97. The number of carbonyl (C=O) groups excluding carboxylic acids is 2. The molecule has 0 amide bonds. The van der Waals surface area contributed by atoms with Crippen molar-refractivity contribution in [2.24, 2.45) is 0 Å². The van der Waals surface area contributed by atoms with Crippen molar-refractivity contribution in [1.29, 1.82) is 0 Å². The molecule has 1 aliphatic heterocycles. The number of hydrogen-bond donors (Lipinski definition) is 0. The second kappa shape index (κ2) is 13.7. The molecule has 1 saturated heterocycles. The Hall–Kier alpha value is -3.52. The van der Waals surface area contributed by atoms with Crippen LogP contribution >= 0.6 is 0 Å². The Morgan fingerprint density at radius 1 is 0.865 bits per heavy atom. The van der Waals surface area contributed by atoms with Crippen molar-refractivity contribution in [3.8, 4) is 0 Å². The molecule has 2 unspecified atom stereocenters. The van der Waals surface area contributed by atoms with Crippen LogP contribution in [-0.4, -0.2) is 49.0 Å². The monoisotopic (exact) mass is 503 g/mol. The van der Waals surface area contributed by atoms with E-state index in [2.05, 4.69) is 29.2 Å². The second-order valence-corrected chi connectivity index (χ2v) is 8.97. The summed E-state index contributed by atoms with van der Waals surface area (Å²) in [6, 6.07) is 29.2. The summed E-state index contributed by atoms with van der Waals surface area (Å²) in [5.41, 5.74) is 3.12. The van der Waals surface area contributed by atoms with Gasteiger partial charge in [0.2, 0.25) is 0 Å². The molecule has 0 bridgehead atoms. The third kappa shape index (κ3) is 7.98. The summed E-state index contributed by atoms with van der Waals surface area (Å²) in [5.74, 6) is -0.769. The number of nitrogens with zero attached hydrogens (tertiary/aromatic N) is 1. The zero-order chi connectivity index (χ0) is 25.9. The summed E-state index contributed by atoms with van der Waals surface area (Å²) in [4.78, 5) is 27.5. The molecule has 1 aliphatic rings. The van der Waals surface area contributed by atoms with E-state index < -0.39 is 24.4 Å². The maximum absolute atomic E-state index is 13.5. The van der Waals surface area contributed by atoms with Crippen molar-refractivity contribution < 1.29 is 28.5 Å². The third-order valence-electron chi connectivity index (χ3n) is 6.28. The molecule has 0 radical (unpaired) electrons. The van der Waals surface area contributed by atoms with E-state index in [9.17, 15) is 9.59 Å². The Balaban J connectivity index is 1.52. The molecule has 0 spiro atoms. The molecule has 4 rings (SSSR count). The lowest BCUT2D eigenvalue weighted by Gasteiger charge is -2.31. The van der Waals surface area contributed by atoms with Crippen LogP contribution in [0.15, 0.2) is 91.0 Å². The van der Waals surface area contributed by atoms with Crippen LogP contribution in [0.25, 0.3) is 0 Å². The highest BCUT2D eigenvalue weighted by Gasteiger charge is 2.35. The Morgan fingerprint density at radius 2 is 1.41 bits per heavy atom. The molecular formula is C30H33NO6. The van der Waals surface area contributed by atoms with Crippen molar-refractivity contribution in [3.05, 3.63) is 108 Å². The highest BCUT2D eigenvalue weighted by atomic mass is 16.7. The van der Waals surface area contributed by atoms with Gasteiger partial charge < -0.3 is 18.9 Å². The van der Waals surface area contributed by atoms with Gasteiger partial charge in [-0.15, -0.1) is 0 Å². The van der Waals surface area contributed by atoms with Gasteiger partial charge in [-0.25, -0.2) is 4.79 Å². The highest BCUT2D eigenvalue weighted by molar-refractivity contribution is 5.76. The maximum Gasteiger partial charge on any atom is 0.337 e. The van der Waals surface area contributed by atoms with Crippen LogP contribution in [0.4, 0.5) is 0 Å². The number of esters is 2. The Morgan fingerprint density at radius 3 is 1.95 bits per heavy atom. The fourth-order valence-electron chi connectivity index (χ4n) is 4.34. The quantitative estimate of drug-likeness (QED) is 0.337. The average Bonchev–Trinajstić information content (AvgIpc) is 3.42. The van der Waals surface area contributed by atoms with Crippen molar-refractivity contribution in [1.82, 2.24) is 4.90 Å². The lowest BCUT2D eigenvalue weighted by Crippen LogP contribution is -2.42. The molecule has 37 heavy (non-hydrogen) atoms. The van der Waals surface area contributed by atoms with Crippen LogP contribution in [-0.2, 0) is 48.2 Å². The Kier molecular flexibility index (Phi) is 9.82. The fourth-order valence-corrected chi connectivity index (χ4v) is 4.34. The van der Waals surface area contributed by atoms with Gasteiger partial charge in [0.1, 0.15) is 12.6 Å². The van der Waals surface area contributed by atoms with Gasteiger partial charge in [-0.1, -0.05) is 91.0 Å². The summed E-state index contributed by atoms with van der Waals surface area (Å²) in [7, 11) is 1.32. The first kappa shape index (κ1) is 26.5. The first-order valence-corrected chi connectivity index (χ1v) is 12.5. The van der Waals surface area contributed by atoms with Gasteiger partial charge in [-0.05, 0) is 23.1 Å². The molecule has 0 aromatic heterocycles. The van der Waals surface area contributed by atoms with Gasteiger partial charge in [0, 0.05) is 19.5 Å². The van der Waals surface area contributed by atoms with E-state index in [1.807, 2.05) is 66.7 Å². The molecule has 194 valence electrons. The molecule has 3 aromatic rings. The van der Waals surface area contributed by atoms with E-state index in [1.54, 1.807) is 0 Å². The molecule has 0 saturated carbocycles. The minimum absolute atomic E-state index is 0.137. The van der Waals surface area contributed by atoms with Crippen LogP contribution in [0, 0.1) is 0 Å². The van der Waals surface area contributed by atoms with Gasteiger partial charge in [-0.2, -0.15) is 0 Å². The third-order valence-corrected chi connectivity index (χ3v) is 6.28. The van der Waals surface area contributed by atoms with Crippen molar-refractivity contribution in [3.63, 3.8) is 0 Å². The molecule has 0 N–H and O–H groups in total. The molecule has 1 fully saturated rings. The standard InChI is InChI=1S/C30H33NO6/c1-34-30(33)27-22-35-28(37-27)18-17-26(29(32)36-21-25-15-9-4-10-16-25)31(19-23-11-5-2-6-12-23)20-24-13-7-3-8-14-24/h2-16,26-28H,17-22H2,1H3/t26-,27?,28?/m0/s1. The van der Waals surface area contributed by atoms with E-state index in [-0.39, 0.29) is 19.2 Å². The minimum atomic E-state index is -0.747. The first-order valence-electron chi connectivity index (χ1n) is 12.5. The van der Waals surface area contributed by atoms with Gasteiger partial charge in [0.25, 0.3) is 0 Å². The predicted molar refractivity (Wildman–Crippen MR) is 138 cm³/mol. The predicted octanol–water partition coefficient (Wildman–Crippen LogP) is 4.50. The number of carbonyl (C=O) groups is 2. The average molecular weight is 504 g/mol. The lowest BCUT2D eigenvalue weighted by atomic mass is 10.1. The number of rotatable bonds is 12. The maximum atomic E-state index is 13.5. The number of ether oxygens (including phenoxy) is 4.